The number of aromatic nitrogens is 1. The van der Waals surface area contributed by atoms with E-state index in [0.717, 1.165) is 44.3 Å². The van der Waals surface area contributed by atoms with Crippen molar-refractivity contribution in [1.29, 1.82) is 0 Å². The molecule has 2 amide bonds. The van der Waals surface area contributed by atoms with Crippen LogP contribution in [0, 0.1) is 11.8 Å². The van der Waals surface area contributed by atoms with Crippen molar-refractivity contribution in [3.63, 3.8) is 0 Å². The first kappa shape index (κ1) is 22.3. The second-order valence-corrected chi connectivity index (χ2v) is 10.8. The number of nitrogens with one attached hydrogen (secondary N) is 2. The fourth-order valence-electron chi connectivity index (χ4n) is 6.29. The number of para-hydroxylation sites is 1. The number of likely N-dealkylation sites (tertiary alicyclic amines) is 1. The van der Waals surface area contributed by atoms with Gasteiger partial charge in [-0.25, -0.2) is 0 Å². The molecule has 3 heterocycles. The lowest BCUT2D eigenvalue weighted by Crippen LogP contribution is -2.50. The quantitative estimate of drug-likeness (QED) is 0.532. The monoisotopic (exact) mass is 486 g/mol. The van der Waals surface area contributed by atoms with Crippen molar-refractivity contribution in [2.75, 3.05) is 11.9 Å². The van der Waals surface area contributed by atoms with Crippen LogP contribution < -0.4 is 10.6 Å². The molecule has 1 saturated heterocycles. The summed E-state index contributed by atoms with van der Waals surface area (Å²) in [6.45, 7) is 0.745. The van der Waals surface area contributed by atoms with Crippen LogP contribution in [-0.4, -0.2) is 34.3 Å². The number of fused-ring (bicyclic) bond motifs is 3. The second-order valence-electron chi connectivity index (χ2n) is 9.88. The van der Waals surface area contributed by atoms with Gasteiger partial charge >= 0.3 is 0 Å². The number of carbonyl (C=O) groups excluding carboxylic acids is 2. The highest BCUT2D eigenvalue weighted by Crippen LogP contribution is 2.52. The molecule has 2 fully saturated rings. The molecule has 6 nitrogen and oxygen atoms in total. The first-order valence-corrected chi connectivity index (χ1v) is 13.5. The predicted molar refractivity (Wildman–Crippen MR) is 137 cm³/mol. The molecular weight excluding hydrogens is 456 g/mol. The number of thiazole rings is 1. The van der Waals surface area contributed by atoms with Crippen LogP contribution in [0.3, 0.4) is 0 Å². The molecule has 0 spiro atoms. The number of benzene rings is 2. The van der Waals surface area contributed by atoms with Crippen molar-refractivity contribution in [2.24, 2.45) is 11.8 Å². The minimum atomic E-state index is -0.181. The molecule has 2 aromatic carbocycles. The third kappa shape index (κ3) is 4.12. The molecule has 5 atom stereocenters. The second kappa shape index (κ2) is 9.46. The van der Waals surface area contributed by atoms with E-state index in [2.05, 4.69) is 38.7 Å². The minimum Gasteiger partial charge on any atom is -0.377 e. The number of hydrogen-bond donors (Lipinski definition) is 2. The Balaban J connectivity index is 1.27. The summed E-state index contributed by atoms with van der Waals surface area (Å²) in [5.74, 6) is 0.219. The van der Waals surface area contributed by atoms with E-state index in [1.54, 1.807) is 11.3 Å². The van der Waals surface area contributed by atoms with Crippen molar-refractivity contribution in [3.05, 3.63) is 82.3 Å². The van der Waals surface area contributed by atoms with E-state index < -0.39 is 0 Å². The molecule has 1 aliphatic carbocycles. The number of hydrogen-bond acceptors (Lipinski definition) is 5. The lowest BCUT2D eigenvalue weighted by Gasteiger charge is -2.41. The van der Waals surface area contributed by atoms with E-state index in [0.29, 0.717) is 11.5 Å². The Kier molecular flexibility index (Phi) is 6.02. The Labute approximate surface area is 209 Å². The number of anilines is 1. The van der Waals surface area contributed by atoms with Gasteiger partial charge in [0.1, 0.15) is 0 Å². The first-order valence-electron chi connectivity index (χ1n) is 12.6. The Hall–Kier alpha value is -3.19. The summed E-state index contributed by atoms with van der Waals surface area (Å²) >= 11 is 1.67. The number of carbonyl (C=O) groups is 2. The number of amides is 2. The van der Waals surface area contributed by atoms with Gasteiger partial charge < -0.3 is 15.5 Å². The molecule has 1 aromatic heterocycles. The summed E-state index contributed by atoms with van der Waals surface area (Å²) in [7, 11) is 0. The summed E-state index contributed by atoms with van der Waals surface area (Å²) in [6, 6.07) is 17.8. The molecule has 6 rings (SSSR count). The summed E-state index contributed by atoms with van der Waals surface area (Å²) in [5, 5.41) is 6.94. The Bertz CT molecular complexity index is 1200. The van der Waals surface area contributed by atoms with Crippen LogP contribution in [0.2, 0.25) is 0 Å². The van der Waals surface area contributed by atoms with Crippen LogP contribution in [0.15, 0.2) is 66.3 Å². The predicted octanol–water partition coefficient (Wildman–Crippen LogP) is 5.19. The molecule has 3 aliphatic rings. The van der Waals surface area contributed by atoms with Gasteiger partial charge in [0, 0.05) is 40.8 Å². The van der Waals surface area contributed by atoms with Gasteiger partial charge in [0.2, 0.25) is 5.91 Å². The topological polar surface area (TPSA) is 74.3 Å². The van der Waals surface area contributed by atoms with E-state index in [1.807, 2.05) is 48.1 Å². The third-order valence-corrected chi connectivity index (χ3v) is 8.80. The van der Waals surface area contributed by atoms with E-state index in [4.69, 9.17) is 0 Å². The first-order chi connectivity index (χ1) is 17.2. The molecular formula is C28H30N4O2S. The smallest absolute Gasteiger partial charge is 0.251 e. The zero-order valence-electron chi connectivity index (χ0n) is 19.6. The van der Waals surface area contributed by atoms with Gasteiger partial charge in [-0.1, -0.05) is 49.2 Å². The van der Waals surface area contributed by atoms with Crippen molar-refractivity contribution < 1.29 is 9.59 Å². The largest absolute Gasteiger partial charge is 0.377 e. The maximum atomic E-state index is 14.1. The van der Waals surface area contributed by atoms with Crippen LogP contribution in [0.5, 0.6) is 0 Å². The van der Waals surface area contributed by atoms with Crippen molar-refractivity contribution in [3.8, 4) is 0 Å². The van der Waals surface area contributed by atoms with Gasteiger partial charge in [0.05, 0.1) is 23.5 Å². The molecule has 2 aliphatic heterocycles. The van der Waals surface area contributed by atoms with Crippen molar-refractivity contribution in [1.82, 2.24) is 15.2 Å². The van der Waals surface area contributed by atoms with Crippen LogP contribution in [0.25, 0.3) is 0 Å². The van der Waals surface area contributed by atoms with Gasteiger partial charge in [-0.2, -0.15) is 0 Å². The summed E-state index contributed by atoms with van der Waals surface area (Å²) < 4.78 is 0. The summed E-state index contributed by atoms with van der Waals surface area (Å²) in [6.07, 6.45) is 6.64. The molecule has 7 heteroatoms. The Morgan fingerprint density at radius 2 is 1.80 bits per heavy atom. The highest BCUT2D eigenvalue weighted by Gasteiger charge is 2.48. The van der Waals surface area contributed by atoms with Gasteiger partial charge in [0.25, 0.3) is 5.91 Å². The van der Waals surface area contributed by atoms with E-state index >= 15 is 0 Å². The fourth-order valence-corrected chi connectivity index (χ4v) is 7.03. The van der Waals surface area contributed by atoms with Crippen molar-refractivity contribution >= 4 is 28.8 Å². The van der Waals surface area contributed by atoms with Gasteiger partial charge in [-0.15, -0.1) is 11.3 Å². The molecule has 1 saturated carbocycles. The Morgan fingerprint density at radius 3 is 2.63 bits per heavy atom. The average Bonchev–Trinajstić information content (AvgIpc) is 3.60. The summed E-state index contributed by atoms with van der Waals surface area (Å²) in [5.41, 5.74) is 4.83. The maximum absolute atomic E-state index is 14.1. The lowest BCUT2D eigenvalue weighted by atomic mass is 9.80. The van der Waals surface area contributed by atoms with E-state index in [9.17, 15) is 9.59 Å². The lowest BCUT2D eigenvalue weighted by molar-refractivity contribution is -0.138. The zero-order valence-corrected chi connectivity index (χ0v) is 20.4. The number of rotatable bonds is 4. The van der Waals surface area contributed by atoms with E-state index in [1.165, 1.54) is 10.4 Å². The molecule has 0 bridgehead atoms. The summed E-state index contributed by atoms with van der Waals surface area (Å²) in [4.78, 5) is 34.7. The molecule has 2 N–H and O–H groups in total. The zero-order chi connectivity index (χ0) is 23.8. The minimum absolute atomic E-state index is 0.0412. The normalized spacial score (nSPS) is 27.4. The molecule has 180 valence electrons. The Morgan fingerprint density at radius 1 is 1.00 bits per heavy atom. The van der Waals surface area contributed by atoms with E-state index in [-0.39, 0.29) is 35.9 Å². The van der Waals surface area contributed by atoms with Gasteiger partial charge in [0.15, 0.2) is 0 Å². The fraction of sp³-hybridized carbons (Fsp3) is 0.393. The maximum Gasteiger partial charge on any atom is 0.251 e. The molecule has 3 aromatic rings. The van der Waals surface area contributed by atoms with Crippen LogP contribution in [0.1, 0.15) is 65.0 Å². The SMILES string of the molecule is O=C(N[C@@H]1CCCC[C@@H]1C(=O)N1CC[C@@H]2[C@H](c3cncs3)Nc3ccccc3[C@@H]21)c1ccccc1. The average molecular weight is 487 g/mol. The molecule has 35 heavy (non-hydrogen) atoms. The number of nitrogens with zero attached hydrogens (tertiary/aromatic N) is 2. The van der Waals surface area contributed by atoms with Crippen LogP contribution >= 0.6 is 11.3 Å². The third-order valence-electron chi connectivity index (χ3n) is 7.94. The molecule has 0 unspecified atom stereocenters. The van der Waals surface area contributed by atoms with Gasteiger partial charge in [-0.05, 0) is 43.0 Å². The van der Waals surface area contributed by atoms with Crippen LogP contribution in [-0.2, 0) is 4.79 Å². The van der Waals surface area contributed by atoms with Crippen LogP contribution in [0.4, 0.5) is 5.69 Å². The highest BCUT2D eigenvalue weighted by molar-refractivity contribution is 7.09. The van der Waals surface area contributed by atoms with Gasteiger partial charge in [-0.3, -0.25) is 14.6 Å². The highest BCUT2D eigenvalue weighted by atomic mass is 32.1. The standard InChI is InChI=1S/C28H30N4O2S/c33-27(18-8-2-1-3-9-18)31-23-13-7-5-11-20(23)28(34)32-15-14-21-25(24-16-29-17-35-24)30-22-12-6-4-10-19(22)26(21)32/h1-4,6,8-10,12,16-17,20-21,23,25-26,30H,5,7,11,13-15H2,(H,31,33)/t20-,21+,23+,25+,26-/m0/s1. The molecule has 0 radical (unpaired) electrons. The van der Waals surface area contributed by atoms with Crippen molar-refractivity contribution in [2.45, 2.75) is 50.2 Å².